The second kappa shape index (κ2) is 11.7. The number of halogens is 4. The van der Waals surface area contributed by atoms with E-state index in [0.717, 1.165) is 22.4 Å². The Balaban J connectivity index is 1.70. The lowest BCUT2D eigenvalue weighted by Crippen LogP contribution is -2.19. The normalized spacial score (nSPS) is 12.4. The molecule has 42 heavy (non-hydrogen) atoms. The van der Waals surface area contributed by atoms with Gasteiger partial charge in [0.05, 0.1) is 0 Å². The first-order valence-electron chi connectivity index (χ1n) is 12.0. The van der Waals surface area contributed by atoms with Gasteiger partial charge in [0.2, 0.25) is 0 Å². The standard InChI is InChI=1S/C28H22F3IO8S2/c1-4-17-5-6-19-12-21(8-7-18(19)11-17)40-42(36,37)27-23(16(2)3)13-22(14-24(27)32)38-20-9-10-26(41(33,34)35)25(15-20)39-28(29,30)31/h4-16H,1H2,2-3H3,(H,33,34,35). The summed E-state index contributed by atoms with van der Waals surface area (Å²) in [6.45, 7) is 7.20. The van der Waals surface area contributed by atoms with Crippen LogP contribution in [0.4, 0.5) is 13.2 Å². The number of fused-ring (bicyclic) bond motifs is 1. The maximum Gasteiger partial charge on any atom is 0.573 e. The molecule has 0 amide bonds. The van der Waals surface area contributed by atoms with Crippen molar-refractivity contribution in [3.8, 4) is 23.0 Å². The van der Waals surface area contributed by atoms with Crippen LogP contribution >= 0.6 is 22.6 Å². The fourth-order valence-corrected chi connectivity index (χ4v) is 7.38. The molecule has 4 rings (SSSR count). The van der Waals surface area contributed by atoms with Crippen molar-refractivity contribution in [2.75, 3.05) is 0 Å². The fourth-order valence-electron chi connectivity index (χ4n) is 4.04. The summed E-state index contributed by atoms with van der Waals surface area (Å²) in [7, 11) is -9.41. The fraction of sp³-hybridized carbons (Fsp3) is 0.143. The Morgan fingerprint density at radius 1 is 0.881 bits per heavy atom. The Morgan fingerprint density at radius 2 is 1.52 bits per heavy atom. The van der Waals surface area contributed by atoms with E-state index in [4.69, 9.17) is 8.92 Å². The van der Waals surface area contributed by atoms with Gasteiger partial charge in [-0.3, -0.25) is 4.55 Å². The molecule has 0 saturated heterocycles. The van der Waals surface area contributed by atoms with E-state index < -0.39 is 37.2 Å². The van der Waals surface area contributed by atoms with Gasteiger partial charge in [0.1, 0.15) is 27.0 Å². The van der Waals surface area contributed by atoms with Crippen LogP contribution in [-0.2, 0) is 20.2 Å². The predicted molar refractivity (Wildman–Crippen MR) is 158 cm³/mol. The Morgan fingerprint density at radius 3 is 2.14 bits per heavy atom. The van der Waals surface area contributed by atoms with Crippen LogP contribution in [0.1, 0.15) is 30.9 Å². The SMILES string of the molecule is C=Cc1ccc2cc(OS(=O)(=O)c3c(I)cc(Oc4ccc(S(=O)(=O)O)c(OC(F)(F)F)c4)cc3C(C)C)ccc2c1. The third kappa shape index (κ3) is 7.35. The van der Waals surface area contributed by atoms with Gasteiger partial charge < -0.3 is 13.7 Å². The summed E-state index contributed by atoms with van der Waals surface area (Å²) in [6.07, 6.45) is -3.56. The van der Waals surface area contributed by atoms with Crippen LogP contribution in [0.2, 0.25) is 0 Å². The van der Waals surface area contributed by atoms with Crippen LogP contribution in [0, 0.1) is 3.57 Å². The highest BCUT2D eigenvalue weighted by Gasteiger charge is 2.34. The molecule has 0 atom stereocenters. The van der Waals surface area contributed by atoms with E-state index in [1.54, 1.807) is 54.6 Å². The molecule has 0 bridgehead atoms. The van der Waals surface area contributed by atoms with E-state index in [-0.39, 0.29) is 31.6 Å². The maximum absolute atomic E-state index is 13.5. The smallest absolute Gasteiger partial charge is 0.457 e. The molecule has 4 aromatic rings. The van der Waals surface area contributed by atoms with Gasteiger partial charge in [-0.2, -0.15) is 16.8 Å². The molecule has 14 heteroatoms. The van der Waals surface area contributed by atoms with Crippen LogP contribution in [-0.4, -0.2) is 27.8 Å². The molecule has 0 spiro atoms. The third-order valence-corrected chi connectivity index (χ3v) is 9.33. The van der Waals surface area contributed by atoms with Gasteiger partial charge in [0, 0.05) is 9.64 Å². The molecular weight excluding hydrogens is 712 g/mol. The van der Waals surface area contributed by atoms with Gasteiger partial charge in [-0.05, 0) is 92.9 Å². The Bertz CT molecular complexity index is 1900. The van der Waals surface area contributed by atoms with Crippen LogP contribution in [0.15, 0.2) is 83.1 Å². The van der Waals surface area contributed by atoms with Gasteiger partial charge >= 0.3 is 16.5 Å². The lowest BCUT2D eigenvalue weighted by atomic mass is 10.0. The van der Waals surface area contributed by atoms with Crippen molar-refractivity contribution in [3.05, 3.63) is 88.0 Å². The van der Waals surface area contributed by atoms with Gasteiger partial charge in [0.25, 0.3) is 10.1 Å². The molecule has 0 aromatic heterocycles. The minimum atomic E-state index is -5.26. The molecule has 0 aliphatic heterocycles. The molecule has 0 saturated carbocycles. The summed E-state index contributed by atoms with van der Waals surface area (Å²) in [5.74, 6) is -1.70. The summed E-state index contributed by atoms with van der Waals surface area (Å²) < 4.78 is 113. The maximum atomic E-state index is 13.5. The lowest BCUT2D eigenvalue weighted by Gasteiger charge is -2.18. The minimum Gasteiger partial charge on any atom is -0.457 e. The quantitative estimate of drug-likeness (QED) is 0.105. The zero-order chi connectivity index (χ0) is 31.0. The lowest BCUT2D eigenvalue weighted by molar-refractivity contribution is -0.275. The highest BCUT2D eigenvalue weighted by atomic mass is 127. The Hall–Kier alpha value is -3.34. The molecule has 0 fully saturated rings. The van der Waals surface area contributed by atoms with Crippen LogP contribution in [0.25, 0.3) is 16.8 Å². The van der Waals surface area contributed by atoms with E-state index in [1.165, 1.54) is 18.2 Å². The molecule has 0 radical (unpaired) electrons. The van der Waals surface area contributed by atoms with Crippen LogP contribution in [0.5, 0.6) is 23.0 Å². The predicted octanol–water partition coefficient (Wildman–Crippen LogP) is 7.92. The topological polar surface area (TPSA) is 116 Å². The largest absolute Gasteiger partial charge is 0.573 e. The third-order valence-electron chi connectivity index (χ3n) is 5.85. The highest BCUT2D eigenvalue weighted by molar-refractivity contribution is 14.1. The molecule has 0 aliphatic carbocycles. The number of ether oxygens (including phenoxy) is 2. The van der Waals surface area contributed by atoms with Crippen molar-refractivity contribution in [1.29, 1.82) is 0 Å². The van der Waals surface area contributed by atoms with E-state index in [9.17, 15) is 34.6 Å². The highest BCUT2D eigenvalue weighted by Crippen LogP contribution is 2.38. The van der Waals surface area contributed by atoms with Gasteiger partial charge in [-0.1, -0.05) is 44.7 Å². The summed E-state index contributed by atoms with van der Waals surface area (Å²) in [4.78, 5) is -1.23. The van der Waals surface area contributed by atoms with Crippen molar-refractivity contribution in [1.82, 2.24) is 0 Å². The number of benzene rings is 4. The first kappa shape index (κ1) is 31.6. The van der Waals surface area contributed by atoms with Crippen molar-refractivity contribution < 1.29 is 48.2 Å². The summed E-state index contributed by atoms with van der Waals surface area (Å²) in [5.41, 5.74) is 1.20. The minimum absolute atomic E-state index is 0.0448. The van der Waals surface area contributed by atoms with E-state index in [2.05, 4.69) is 11.3 Å². The molecule has 1 N–H and O–H groups in total. The summed E-state index contributed by atoms with van der Waals surface area (Å²) in [6, 6.07) is 15.5. The second-order valence-corrected chi connectivity index (χ2v) is 13.3. The van der Waals surface area contributed by atoms with E-state index in [1.807, 2.05) is 18.2 Å². The van der Waals surface area contributed by atoms with Crippen molar-refractivity contribution in [2.24, 2.45) is 0 Å². The van der Waals surface area contributed by atoms with Gasteiger partial charge in [-0.25, -0.2) is 0 Å². The molecular formula is C28H22F3IO8S2. The monoisotopic (exact) mass is 734 g/mol. The zero-order valence-corrected chi connectivity index (χ0v) is 25.6. The number of hydrogen-bond donors (Lipinski definition) is 1. The second-order valence-electron chi connectivity index (χ2n) is 9.22. The molecule has 0 heterocycles. The van der Waals surface area contributed by atoms with Crippen molar-refractivity contribution >= 4 is 59.7 Å². The zero-order valence-electron chi connectivity index (χ0n) is 21.8. The number of hydrogen-bond acceptors (Lipinski definition) is 7. The first-order valence-corrected chi connectivity index (χ1v) is 15.9. The van der Waals surface area contributed by atoms with Gasteiger partial charge in [0.15, 0.2) is 5.75 Å². The van der Waals surface area contributed by atoms with E-state index in [0.29, 0.717) is 17.7 Å². The molecule has 0 unspecified atom stereocenters. The average molecular weight is 735 g/mol. The Labute approximate surface area is 253 Å². The van der Waals surface area contributed by atoms with E-state index >= 15 is 0 Å². The van der Waals surface area contributed by atoms with Crippen molar-refractivity contribution in [3.63, 3.8) is 0 Å². The summed E-state index contributed by atoms with van der Waals surface area (Å²) in [5, 5.41) is 1.62. The van der Waals surface area contributed by atoms with Crippen molar-refractivity contribution in [2.45, 2.75) is 35.9 Å². The first-order chi connectivity index (χ1) is 19.5. The van der Waals surface area contributed by atoms with Crippen LogP contribution < -0.4 is 13.7 Å². The van der Waals surface area contributed by atoms with Crippen LogP contribution in [0.3, 0.4) is 0 Å². The molecule has 0 aliphatic rings. The number of alkyl halides is 3. The van der Waals surface area contributed by atoms with Gasteiger partial charge in [-0.15, -0.1) is 13.2 Å². The molecule has 8 nitrogen and oxygen atoms in total. The average Bonchev–Trinajstić information content (AvgIpc) is 2.86. The molecule has 222 valence electrons. The summed E-state index contributed by atoms with van der Waals surface area (Å²) >= 11 is 1.78. The Kier molecular flexibility index (Phi) is 8.83. The number of rotatable bonds is 9. The molecule has 4 aromatic carbocycles.